The Balaban J connectivity index is 0.00000336. The molecule has 0 aliphatic rings. The second-order valence-corrected chi connectivity index (χ2v) is 12.2. The number of hydrogen-bond acceptors (Lipinski definition) is 5. The Morgan fingerprint density at radius 3 is 1.96 bits per heavy atom. The molecule has 240 valence electrons. The number of aromatic nitrogens is 6. The van der Waals surface area contributed by atoms with E-state index >= 15 is 0 Å². The second kappa shape index (κ2) is 11.6. The molecular weight excluding hydrogens is 800 g/mol. The van der Waals surface area contributed by atoms with Gasteiger partial charge in [0.1, 0.15) is 5.65 Å². The molecule has 0 aliphatic carbocycles. The van der Waals surface area contributed by atoms with Crippen molar-refractivity contribution in [3.05, 3.63) is 145 Å². The number of aryl methyl sites for hydroxylation is 2. The van der Waals surface area contributed by atoms with Gasteiger partial charge >= 0.3 is 21.1 Å². The summed E-state index contributed by atoms with van der Waals surface area (Å²) >= 11 is 0. The smallest absolute Gasteiger partial charge is 0.497 e. The van der Waals surface area contributed by atoms with E-state index in [2.05, 4.69) is 82.5 Å². The summed E-state index contributed by atoms with van der Waals surface area (Å²) in [7, 11) is 0. The number of hydrogen-bond donors (Lipinski definition) is 0. The van der Waals surface area contributed by atoms with Crippen molar-refractivity contribution in [3.8, 4) is 34.0 Å². The quantitative estimate of drug-likeness (QED) is 0.131. The van der Waals surface area contributed by atoms with Gasteiger partial charge in [-0.1, -0.05) is 113 Å². The molecule has 4 aromatic carbocycles. The van der Waals surface area contributed by atoms with Gasteiger partial charge in [-0.3, -0.25) is 15.0 Å². The van der Waals surface area contributed by atoms with Crippen molar-refractivity contribution in [2.24, 2.45) is 0 Å². The second-order valence-electron chi connectivity index (χ2n) is 12.2. The number of pyridine rings is 4. The summed E-state index contributed by atoms with van der Waals surface area (Å²) in [5.74, 6) is 1.12. The van der Waals surface area contributed by atoms with E-state index in [1.165, 1.54) is 0 Å². The predicted molar refractivity (Wildman–Crippen MR) is 194 cm³/mol. The first-order valence-electron chi connectivity index (χ1n) is 16.2. The van der Waals surface area contributed by atoms with Crippen molar-refractivity contribution in [1.82, 2.24) is 28.7 Å². The number of nitrogens with zero attached hydrogens (tertiary/aromatic N) is 6. The number of benzene rings is 4. The van der Waals surface area contributed by atoms with E-state index in [-0.39, 0.29) is 21.1 Å². The van der Waals surface area contributed by atoms with Crippen molar-refractivity contribution in [2.45, 2.75) is 13.8 Å². The van der Waals surface area contributed by atoms with Gasteiger partial charge in [0, 0.05) is 46.4 Å². The maximum Gasteiger partial charge on any atom is 2.00 e. The standard InChI is InChI=1S/C42H26N6O.Pt/c1-25-26(2)47-36-16-10-21-43-38(36)32-20-18-30(24-35(32)41(47)45-25)49-29-17-19-31-33-15-9-22-44-40(33)48-39(28-13-7-4-8-14-28)37(27-11-5-3-6-12-27)46-42(48)34(31)23-29;/h3-22H,1-2H3;/q-2;+2. The van der Waals surface area contributed by atoms with Crippen LogP contribution in [0.3, 0.4) is 0 Å². The summed E-state index contributed by atoms with van der Waals surface area (Å²) in [5.41, 5.74) is 10.3. The van der Waals surface area contributed by atoms with Crippen LogP contribution in [0, 0.1) is 26.0 Å². The van der Waals surface area contributed by atoms with Gasteiger partial charge in [-0.05, 0) is 37.4 Å². The van der Waals surface area contributed by atoms with Crippen molar-refractivity contribution >= 4 is 54.9 Å². The Hall–Kier alpha value is -5.91. The first kappa shape index (κ1) is 30.2. The van der Waals surface area contributed by atoms with E-state index in [4.69, 9.17) is 24.7 Å². The minimum absolute atomic E-state index is 0. The fourth-order valence-corrected chi connectivity index (χ4v) is 7.06. The minimum Gasteiger partial charge on any atom is -0.497 e. The molecule has 0 saturated carbocycles. The largest absolute Gasteiger partial charge is 2.00 e. The molecular formula is C42H26N6OPt. The maximum atomic E-state index is 6.54. The molecule has 0 atom stereocenters. The molecule has 50 heavy (non-hydrogen) atoms. The average molecular weight is 826 g/mol. The third-order valence-electron chi connectivity index (χ3n) is 9.39. The number of ether oxygens (including phenoxy) is 1. The normalized spacial score (nSPS) is 11.6. The molecule has 0 unspecified atom stereocenters. The molecule has 0 spiro atoms. The maximum absolute atomic E-state index is 6.54. The van der Waals surface area contributed by atoms with Crippen molar-refractivity contribution in [2.75, 3.05) is 0 Å². The van der Waals surface area contributed by atoms with Gasteiger partial charge < -0.3 is 13.5 Å². The summed E-state index contributed by atoms with van der Waals surface area (Å²) in [4.78, 5) is 19.9. The topological polar surface area (TPSA) is 69.6 Å². The van der Waals surface area contributed by atoms with Crippen LogP contribution in [0.4, 0.5) is 0 Å². The fraction of sp³-hybridized carbons (Fsp3) is 0.0476. The Morgan fingerprint density at radius 1 is 0.560 bits per heavy atom. The summed E-state index contributed by atoms with van der Waals surface area (Å²) in [6, 6.07) is 43.9. The molecule has 10 aromatic rings. The third kappa shape index (κ3) is 4.47. The van der Waals surface area contributed by atoms with Crippen LogP contribution >= 0.6 is 0 Å². The van der Waals surface area contributed by atoms with Crippen LogP contribution in [0.15, 0.2) is 122 Å². The van der Waals surface area contributed by atoms with Crippen LogP contribution in [-0.2, 0) is 21.1 Å². The van der Waals surface area contributed by atoms with Crippen LogP contribution in [0.5, 0.6) is 11.5 Å². The molecule has 0 saturated heterocycles. The zero-order chi connectivity index (χ0) is 32.6. The van der Waals surface area contributed by atoms with E-state index in [0.717, 1.165) is 88.8 Å². The van der Waals surface area contributed by atoms with Gasteiger partial charge in [-0.2, -0.15) is 0 Å². The Morgan fingerprint density at radius 2 is 1.20 bits per heavy atom. The molecule has 0 N–H and O–H groups in total. The van der Waals surface area contributed by atoms with Crippen LogP contribution in [0.2, 0.25) is 0 Å². The molecule has 0 amide bonds. The van der Waals surface area contributed by atoms with Crippen LogP contribution in [-0.4, -0.2) is 28.7 Å². The average Bonchev–Trinajstić information content (AvgIpc) is 3.71. The Labute approximate surface area is 301 Å². The predicted octanol–water partition coefficient (Wildman–Crippen LogP) is 9.73. The first-order chi connectivity index (χ1) is 24.1. The van der Waals surface area contributed by atoms with E-state index in [1.807, 2.05) is 73.9 Å². The molecule has 6 heterocycles. The zero-order valence-electron chi connectivity index (χ0n) is 27.0. The molecule has 0 bridgehead atoms. The fourth-order valence-electron chi connectivity index (χ4n) is 7.06. The van der Waals surface area contributed by atoms with Gasteiger partial charge in [0.2, 0.25) is 0 Å². The van der Waals surface area contributed by atoms with E-state index < -0.39 is 0 Å². The van der Waals surface area contributed by atoms with Crippen molar-refractivity contribution < 1.29 is 25.8 Å². The first-order valence-corrected chi connectivity index (χ1v) is 16.2. The van der Waals surface area contributed by atoms with Crippen LogP contribution in [0.25, 0.3) is 77.4 Å². The van der Waals surface area contributed by atoms with Gasteiger partial charge in [-0.25, -0.2) is 4.98 Å². The van der Waals surface area contributed by atoms with Crippen molar-refractivity contribution in [1.29, 1.82) is 0 Å². The molecule has 8 heteroatoms. The summed E-state index contributed by atoms with van der Waals surface area (Å²) < 4.78 is 10.9. The van der Waals surface area contributed by atoms with Crippen LogP contribution in [0.1, 0.15) is 11.4 Å². The SMILES string of the molecule is Cc1nc2c3[c-]c(Oc4[c-]c5c(cc4)c4cccnc4n4c(-c6ccccc6)c(-c6ccccc6)nc54)ccc3c3ncccc3n2c1C.[Pt+2]. The van der Waals surface area contributed by atoms with Gasteiger partial charge in [0.15, 0.2) is 0 Å². The minimum atomic E-state index is 0. The Bertz CT molecular complexity index is 2930. The van der Waals surface area contributed by atoms with E-state index in [9.17, 15) is 0 Å². The summed E-state index contributed by atoms with van der Waals surface area (Å²) in [6.07, 6.45) is 3.66. The molecule has 7 nitrogen and oxygen atoms in total. The zero-order valence-corrected chi connectivity index (χ0v) is 29.2. The van der Waals surface area contributed by atoms with Gasteiger partial charge in [-0.15, -0.1) is 12.1 Å². The molecule has 10 rings (SSSR count). The van der Waals surface area contributed by atoms with E-state index in [0.29, 0.717) is 11.5 Å². The van der Waals surface area contributed by atoms with E-state index in [1.54, 1.807) is 0 Å². The molecule has 6 aromatic heterocycles. The van der Waals surface area contributed by atoms with Gasteiger partial charge in [0.25, 0.3) is 0 Å². The van der Waals surface area contributed by atoms with Crippen LogP contribution < -0.4 is 4.74 Å². The Kier molecular flexibility index (Phi) is 7.00. The molecule has 0 aliphatic heterocycles. The molecule has 0 fully saturated rings. The summed E-state index contributed by atoms with van der Waals surface area (Å²) in [6.45, 7) is 4.11. The van der Waals surface area contributed by atoms with Gasteiger partial charge in [0.05, 0.1) is 33.7 Å². The number of fused-ring (bicyclic) bond motifs is 12. The summed E-state index contributed by atoms with van der Waals surface area (Å²) in [5, 5.41) is 4.68. The van der Waals surface area contributed by atoms with Crippen molar-refractivity contribution in [3.63, 3.8) is 0 Å². The monoisotopic (exact) mass is 825 g/mol. The molecule has 0 radical (unpaired) electrons. The number of rotatable bonds is 4. The third-order valence-corrected chi connectivity index (χ3v) is 9.39. The number of imidazole rings is 2.